The lowest BCUT2D eigenvalue weighted by Gasteiger charge is -2.32. The first kappa shape index (κ1) is 62.5. The number of fused-ring (bicyclic) bond motifs is 19. The summed E-state index contributed by atoms with van der Waals surface area (Å²) in [4.78, 5) is 0. The number of hydrogen-bond acceptors (Lipinski definition) is 3. The second-order valence-electron chi connectivity index (χ2n) is 28.1. The van der Waals surface area contributed by atoms with Gasteiger partial charge in [0.15, 0.2) is 0 Å². The lowest BCUT2D eigenvalue weighted by Crippen LogP contribution is -2.41. The first-order valence-corrected chi connectivity index (χ1v) is 36.6. The molecular formula is C96H70BBrO2S. The minimum Gasteiger partial charge on any atom is -0.399 e. The van der Waals surface area contributed by atoms with Crippen LogP contribution < -0.4 is 5.46 Å². The molecule has 18 aromatic carbocycles. The van der Waals surface area contributed by atoms with E-state index in [0.717, 1.165) is 5.46 Å². The van der Waals surface area contributed by atoms with Crippen molar-refractivity contribution in [1.82, 2.24) is 0 Å². The van der Waals surface area contributed by atoms with Gasteiger partial charge in [-0.1, -0.05) is 285 Å². The quantitative estimate of drug-likeness (QED) is 0.0971. The van der Waals surface area contributed by atoms with Crippen LogP contribution in [-0.4, -0.2) is 18.3 Å². The molecule has 0 spiro atoms. The number of rotatable bonds is 5. The summed E-state index contributed by atoms with van der Waals surface area (Å²) in [6, 6.07) is 115. The molecule has 0 unspecified atom stereocenters. The molecule has 1 aliphatic rings. The van der Waals surface area contributed by atoms with Gasteiger partial charge in [-0.25, -0.2) is 0 Å². The van der Waals surface area contributed by atoms with Gasteiger partial charge in [0.25, 0.3) is 0 Å². The minimum atomic E-state index is -0.371. The van der Waals surface area contributed by atoms with Gasteiger partial charge >= 0.3 is 7.12 Å². The third-order valence-corrected chi connectivity index (χ3v) is 23.7. The molecule has 0 bridgehead atoms. The summed E-state index contributed by atoms with van der Waals surface area (Å²) in [5.74, 6) is 0. The monoisotopic (exact) mass is 1380 g/mol. The summed E-state index contributed by atoms with van der Waals surface area (Å²) in [5, 5.41) is 28.4. The van der Waals surface area contributed by atoms with Crippen LogP contribution in [0.25, 0.3) is 172 Å². The topological polar surface area (TPSA) is 18.5 Å². The van der Waals surface area contributed by atoms with Crippen LogP contribution >= 0.6 is 27.3 Å². The van der Waals surface area contributed by atoms with Gasteiger partial charge in [0.2, 0.25) is 0 Å². The SMILES string of the molecule is Brc1c2ccccc2c(-c2ccccc2)c2ccccc12.Cc1ccccc1-c1cc2c3ccccc3c3cc(B4OC(C)(C)C(C)(C)O4)ccc3c2cc1C.c1ccc(-c2c3ccccc3c(-c3ccc4c(c3)c3ccccc3c3cc5c(cc43)sc3ccccc35)c3ccccc23)cc1. The maximum Gasteiger partial charge on any atom is 0.494 e. The van der Waals surface area contributed by atoms with E-state index in [9.17, 15) is 0 Å². The van der Waals surface area contributed by atoms with Gasteiger partial charge in [-0.2, -0.15) is 0 Å². The number of aryl methyl sites for hydroxylation is 2. The molecule has 0 saturated carbocycles. The number of hydrogen-bond donors (Lipinski definition) is 0. The second-order valence-corrected chi connectivity index (χ2v) is 30.0. The summed E-state index contributed by atoms with van der Waals surface area (Å²) in [6.07, 6.45) is 0. The molecule has 5 heteroatoms. The zero-order valence-corrected chi connectivity index (χ0v) is 59.6. The van der Waals surface area contributed by atoms with Crippen molar-refractivity contribution in [3.05, 3.63) is 331 Å². The van der Waals surface area contributed by atoms with E-state index in [2.05, 4.69) is 373 Å². The number of thiophene rings is 1. The van der Waals surface area contributed by atoms with Gasteiger partial charge < -0.3 is 9.31 Å². The van der Waals surface area contributed by atoms with Crippen LogP contribution in [0.15, 0.2) is 320 Å². The summed E-state index contributed by atoms with van der Waals surface area (Å²) in [5.41, 5.74) is 13.2. The Kier molecular flexibility index (Phi) is 15.4. The van der Waals surface area contributed by atoms with E-state index in [0.29, 0.717) is 0 Å². The Bertz CT molecular complexity index is 6440. The van der Waals surface area contributed by atoms with Crippen LogP contribution in [0, 0.1) is 13.8 Å². The third-order valence-electron chi connectivity index (χ3n) is 21.7. The first-order chi connectivity index (χ1) is 49.4. The second kappa shape index (κ2) is 24.8. The lowest BCUT2D eigenvalue weighted by molar-refractivity contribution is 0.00578. The van der Waals surface area contributed by atoms with Crippen molar-refractivity contribution >= 4 is 168 Å². The molecule has 0 N–H and O–H groups in total. The smallest absolute Gasteiger partial charge is 0.399 e. The fourth-order valence-corrected chi connectivity index (χ4v) is 17.9. The molecule has 19 aromatic rings. The maximum atomic E-state index is 6.37. The molecular weight excluding hydrogens is 1310 g/mol. The summed E-state index contributed by atoms with van der Waals surface area (Å²) < 4.78 is 16.6. The molecule has 2 heterocycles. The lowest BCUT2D eigenvalue weighted by atomic mass is 9.77. The molecule has 20 rings (SSSR count). The Morgan fingerprint density at radius 3 is 1.14 bits per heavy atom. The molecule has 1 aromatic heterocycles. The standard InChI is InChI=1S/C44H26S.C32H31BO2.C20H13Br/c1-2-12-27(13-3-1)43-33-17-6-8-19-35(33)44(36-20-9-7-18-34(36)43)28-22-23-31-37(24-28)29-14-4-5-15-30(29)38-25-40-32-16-10-11-21-41(32)45-42(40)26-39(31)38;1-20-11-7-8-12-23(20)27-19-30-25-14-10-9-13-24(25)29-18-22(15-16-26(29)28(30)17-21(27)2)33-34-31(3,4)32(5,6)35-33;21-20-17-12-6-4-10-15(17)19(14-8-2-1-3-9-14)16-11-5-7-13-18(16)20/h1-26H;7-19H,1-6H3;1-13H. The van der Waals surface area contributed by atoms with Gasteiger partial charge in [0.05, 0.1) is 11.2 Å². The fraction of sp³-hybridized carbons (Fsp3) is 0.0833. The van der Waals surface area contributed by atoms with Crippen molar-refractivity contribution in [2.75, 3.05) is 0 Å². The molecule has 1 saturated heterocycles. The zero-order valence-electron chi connectivity index (χ0n) is 57.2. The van der Waals surface area contributed by atoms with E-state index in [4.69, 9.17) is 9.31 Å². The predicted molar refractivity (Wildman–Crippen MR) is 442 cm³/mol. The van der Waals surface area contributed by atoms with Gasteiger partial charge in [-0.15, -0.1) is 11.3 Å². The largest absolute Gasteiger partial charge is 0.494 e. The molecule has 0 radical (unpaired) electrons. The van der Waals surface area contributed by atoms with E-state index in [1.165, 1.54) is 188 Å². The molecule has 101 heavy (non-hydrogen) atoms. The van der Waals surface area contributed by atoms with Crippen LogP contribution in [0.4, 0.5) is 0 Å². The Balaban J connectivity index is 0.000000116. The van der Waals surface area contributed by atoms with Crippen molar-refractivity contribution in [3.8, 4) is 44.5 Å². The zero-order chi connectivity index (χ0) is 68.3. The Morgan fingerprint density at radius 1 is 0.257 bits per heavy atom. The summed E-state index contributed by atoms with van der Waals surface area (Å²) >= 11 is 5.68. The van der Waals surface area contributed by atoms with E-state index >= 15 is 0 Å². The fourth-order valence-electron chi connectivity index (χ4n) is 16.1. The molecule has 0 atom stereocenters. The number of halogens is 1. The van der Waals surface area contributed by atoms with Crippen LogP contribution in [0.5, 0.6) is 0 Å². The van der Waals surface area contributed by atoms with Crippen LogP contribution in [0.3, 0.4) is 0 Å². The van der Waals surface area contributed by atoms with Gasteiger partial charge in [0.1, 0.15) is 0 Å². The first-order valence-electron chi connectivity index (χ1n) is 35.0. The van der Waals surface area contributed by atoms with Crippen LogP contribution in [-0.2, 0) is 9.31 Å². The van der Waals surface area contributed by atoms with E-state index < -0.39 is 0 Å². The molecule has 482 valence electrons. The Hall–Kier alpha value is -10.8. The van der Waals surface area contributed by atoms with Crippen molar-refractivity contribution < 1.29 is 9.31 Å². The highest BCUT2D eigenvalue weighted by Gasteiger charge is 2.51. The highest BCUT2D eigenvalue weighted by molar-refractivity contribution is 9.10. The van der Waals surface area contributed by atoms with E-state index in [-0.39, 0.29) is 18.3 Å². The highest BCUT2D eigenvalue weighted by Crippen LogP contribution is 2.49. The molecule has 0 amide bonds. The Morgan fingerprint density at radius 2 is 0.624 bits per heavy atom. The number of benzene rings is 18. The van der Waals surface area contributed by atoms with Crippen molar-refractivity contribution in [2.45, 2.75) is 52.7 Å². The van der Waals surface area contributed by atoms with Crippen LogP contribution in [0.1, 0.15) is 38.8 Å². The van der Waals surface area contributed by atoms with Crippen LogP contribution in [0.2, 0.25) is 0 Å². The molecule has 1 fully saturated rings. The molecule has 1 aliphatic heterocycles. The minimum absolute atomic E-state index is 0.360. The molecule has 0 aliphatic carbocycles. The maximum absolute atomic E-state index is 6.37. The normalized spacial score (nSPS) is 13.6. The van der Waals surface area contributed by atoms with Gasteiger partial charge in [-0.3, -0.25) is 0 Å². The predicted octanol–water partition coefficient (Wildman–Crippen LogP) is 27.3. The molecule has 2 nitrogen and oxygen atoms in total. The average molecular weight is 1380 g/mol. The van der Waals surface area contributed by atoms with Crippen molar-refractivity contribution in [2.24, 2.45) is 0 Å². The van der Waals surface area contributed by atoms with Gasteiger partial charge in [0, 0.05) is 24.6 Å². The van der Waals surface area contributed by atoms with Gasteiger partial charge in [-0.05, 0) is 257 Å². The third kappa shape index (κ3) is 10.5. The average Bonchev–Trinajstić information content (AvgIpc) is 1.64. The van der Waals surface area contributed by atoms with Crippen molar-refractivity contribution in [3.63, 3.8) is 0 Å². The van der Waals surface area contributed by atoms with E-state index in [1.807, 2.05) is 11.3 Å². The summed E-state index contributed by atoms with van der Waals surface area (Å²) in [6.45, 7) is 12.8. The Labute approximate surface area is 601 Å². The summed E-state index contributed by atoms with van der Waals surface area (Å²) in [7, 11) is -0.371. The van der Waals surface area contributed by atoms with Crippen molar-refractivity contribution in [1.29, 1.82) is 0 Å². The highest BCUT2D eigenvalue weighted by atomic mass is 79.9. The van der Waals surface area contributed by atoms with E-state index in [1.54, 1.807) is 0 Å².